The fourth-order valence-corrected chi connectivity index (χ4v) is 2.75. The van der Waals surface area contributed by atoms with Crippen LogP contribution in [0.4, 0.5) is 0 Å². The molecule has 1 N–H and O–H groups in total. The van der Waals surface area contributed by atoms with Gasteiger partial charge >= 0.3 is 0 Å². The third-order valence-electron chi connectivity index (χ3n) is 2.34. The van der Waals surface area contributed by atoms with E-state index >= 15 is 0 Å². The number of hydrogen-bond acceptors (Lipinski definition) is 1. The van der Waals surface area contributed by atoms with Gasteiger partial charge in [0.05, 0.1) is 0 Å². The van der Waals surface area contributed by atoms with Gasteiger partial charge in [0.1, 0.15) is 0 Å². The van der Waals surface area contributed by atoms with Crippen molar-refractivity contribution >= 4 is 40.7 Å². The Morgan fingerprint density at radius 3 is 2.62 bits per heavy atom. The summed E-state index contributed by atoms with van der Waals surface area (Å²) >= 11 is 17.5. The standard InChI is InChI=1S/C8H12Cl3NO/c1-2-3-6-5(4-9)8(10,11)7(13)12-6/h5-6H,2-4H2,1H3,(H,12,13)/t5-,6-/m1/s1. The van der Waals surface area contributed by atoms with Gasteiger partial charge in [-0.25, -0.2) is 0 Å². The third-order valence-corrected chi connectivity index (χ3v) is 3.57. The van der Waals surface area contributed by atoms with E-state index in [1.54, 1.807) is 0 Å². The van der Waals surface area contributed by atoms with Crippen LogP contribution in [0.5, 0.6) is 0 Å². The molecule has 0 bridgehead atoms. The molecule has 1 fully saturated rings. The molecule has 1 aliphatic rings. The monoisotopic (exact) mass is 243 g/mol. The highest BCUT2D eigenvalue weighted by Gasteiger charge is 2.52. The Balaban J connectivity index is 2.76. The fraction of sp³-hybridized carbons (Fsp3) is 0.875. The highest BCUT2D eigenvalue weighted by Crippen LogP contribution is 2.39. The molecule has 2 nitrogen and oxygen atoms in total. The van der Waals surface area contributed by atoms with Crippen LogP contribution in [-0.4, -0.2) is 22.2 Å². The summed E-state index contributed by atoms with van der Waals surface area (Å²) in [5.41, 5.74) is 0. The van der Waals surface area contributed by atoms with Gasteiger partial charge in [-0.05, 0) is 6.42 Å². The smallest absolute Gasteiger partial charge is 0.257 e. The van der Waals surface area contributed by atoms with Crippen LogP contribution in [0.25, 0.3) is 0 Å². The van der Waals surface area contributed by atoms with Crippen LogP contribution >= 0.6 is 34.8 Å². The van der Waals surface area contributed by atoms with Crippen molar-refractivity contribution in [2.75, 3.05) is 5.88 Å². The second-order valence-electron chi connectivity index (χ2n) is 3.25. The zero-order valence-corrected chi connectivity index (χ0v) is 9.59. The minimum absolute atomic E-state index is 0.0185. The second kappa shape index (κ2) is 4.24. The van der Waals surface area contributed by atoms with Crippen molar-refractivity contribution in [2.24, 2.45) is 5.92 Å². The summed E-state index contributed by atoms with van der Waals surface area (Å²) in [6, 6.07) is 0.0185. The van der Waals surface area contributed by atoms with Gasteiger partial charge in [0.15, 0.2) is 0 Å². The van der Waals surface area contributed by atoms with E-state index in [1.165, 1.54) is 0 Å². The van der Waals surface area contributed by atoms with Crippen molar-refractivity contribution in [3.05, 3.63) is 0 Å². The van der Waals surface area contributed by atoms with E-state index in [2.05, 4.69) is 5.32 Å². The molecule has 1 amide bonds. The Bertz CT molecular complexity index is 208. The van der Waals surface area contributed by atoms with Crippen molar-refractivity contribution in [3.63, 3.8) is 0 Å². The molecular weight excluding hydrogens is 232 g/mol. The number of alkyl halides is 3. The maximum atomic E-state index is 11.3. The molecule has 1 saturated heterocycles. The van der Waals surface area contributed by atoms with E-state index in [0.29, 0.717) is 5.88 Å². The number of carbonyl (C=O) groups excluding carboxylic acids is 1. The second-order valence-corrected chi connectivity index (χ2v) is 4.95. The van der Waals surface area contributed by atoms with Crippen molar-refractivity contribution in [1.29, 1.82) is 0 Å². The molecule has 5 heteroatoms. The molecule has 0 aromatic heterocycles. The van der Waals surface area contributed by atoms with Crippen LogP contribution < -0.4 is 5.32 Å². The predicted molar refractivity (Wildman–Crippen MR) is 55.5 cm³/mol. The number of hydrogen-bond donors (Lipinski definition) is 1. The van der Waals surface area contributed by atoms with Crippen molar-refractivity contribution in [2.45, 2.75) is 30.1 Å². The molecule has 0 aromatic carbocycles. The lowest BCUT2D eigenvalue weighted by atomic mass is 9.98. The molecule has 0 unspecified atom stereocenters. The van der Waals surface area contributed by atoms with Crippen LogP contribution in [0.2, 0.25) is 0 Å². The molecule has 0 spiro atoms. The molecule has 0 aliphatic carbocycles. The summed E-state index contributed by atoms with van der Waals surface area (Å²) in [5.74, 6) is -0.207. The van der Waals surface area contributed by atoms with Crippen LogP contribution in [0.3, 0.4) is 0 Å². The van der Waals surface area contributed by atoms with Gasteiger partial charge in [-0.3, -0.25) is 4.79 Å². The van der Waals surface area contributed by atoms with Gasteiger partial charge in [0, 0.05) is 17.8 Å². The van der Waals surface area contributed by atoms with Gasteiger partial charge in [-0.15, -0.1) is 11.6 Å². The van der Waals surface area contributed by atoms with Gasteiger partial charge in [-0.2, -0.15) is 0 Å². The molecule has 2 atom stereocenters. The fourth-order valence-electron chi connectivity index (χ4n) is 1.58. The summed E-state index contributed by atoms with van der Waals surface area (Å²) < 4.78 is -1.35. The molecule has 76 valence electrons. The topological polar surface area (TPSA) is 29.1 Å². The molecule has 0 saturated carbocycles. The van der Waals surface area contributed by atoms with E-state index < -0.39 is 4.33 Å². The van der Waals surface area contributed by atoms with Gasteiger partial charge < -0.3 is 5.32 Å². The molecular formula is C8H12Cl3NO. The number of halogens is 3. The quantitative estimate of drug-likeness (QED) is 0.759. The summed E-state index contributed by atoms with van der Waals surface area (Å²) in [5, 5.41) is 2.76. The van der Waals surface area contributed by atoms with Crippen LogP contribution in [0.1, 0.15) is 19.8 Å². The summed E-state index contributed by atoms with van der Waals surface area (Å²) in [7, 11) is 0. The molecule has 1 aliphatic heterocycles. The summed E-state index contributed by atoms with van der Waals surface area (Å²) in [4.78, 5) is 11.3. The molecule has 0 aromatic rings. The number of amides is 1. The SMILES string of the molecule is CCC[C@H]1NC(=O)C(Cl)(Cl)[C@@H]1CCl. The largest absolute Gasteiger partial charge is 0.350 e. The van der Waals surface area contributed by atoms with Gasteiger partial charge in [0.2, 0.25) is 4.33 Å². The average Bonchev–Trinajstić information content (AvgIpc) is 2.24. The van der Waals surface area contributed by atoms with E-state index in [4.69, 9.17) is 34.8 Å². The Hall–Kier alpha value is 0.340. The Kier molecular flexibility index (Phi) is 3.73. The minimum Gasteiger partial charge on any atom is -0.350 e. The van der Waals surface area contributed by atoms with Crippen LogP contribution in [0.15, 0.2) is 0 Å². The first kappa shape index (κ1) is 11.4. The molecule has 1 heterocycles. The first-order valence-corrected chi connectivity index (χ1v) is 5.57. The normalized spacial score (nSPS) is 31.8. The van der Waals surface area contributed by atoms with Crippen molar-refractivity contribution in [3.8, 4) is 0 Å². The van der Waals surface area contributed by atoms with Gasteiger partial charge in [-0.1, -0.05) is 36.5 Å². The maximum absolute atomic E-state index is 11.3. The maximum Gasteiger partial charge on any atom is 0.257 e. The Labute approximate surface area is 92.9 Å². The highest BCUT2D eigenvalue weighted by atomic mass is 35.5. The number of nitrogens with one attached hydrogen (secondary N) is 1. The lowest BCUT2D eigenvalue weighted by Crippen LogP contribution is -2.31. The number of rotatable bonds is 3. The summed E-state index contributed by atoms with van der Waals surface area (Å²) in [6.07, 6.45) is 1.84. The van der Waals surface area contributed by atoms with Crippen molar-refractivity contribution in [1.82, 2.24) is 5.32 Å². The minimum atomic E-state index is -1.35. The van der Waals surface area contributed by atoms with Crippen molar-refractivity contribution < 1.29 is 4.79 Å². The summed E-state index contributed by atoms with van der Waals surface area (Å²) in [6.45, 7) is 2.04. The first-order chi connectivity index (χ1) is 6.04. The van der Waals surface area contributed by atoms with E-state index in [9.17, 15) is 4.79 Å². The van der Waals surface area contributed by atoms with E-state index in [-0.39, 0.29) is 17.9 Å². The zero-order chi connectivity index (χ0) is 10.1. The Morgan fingerprint density at radius 2 is 2.15 bits per heavy atom. The number of carbonyl (C=O) groups is 1. The Morgan fingerprint density at radius 1 is 1.54 bits per heavy atom. The predicted octanol–water partition coefficient (Wildman–Crippen LogP) is 2.31. The van der Waals surface area contributed by atoms with E-state index in [1.807, 2.05) is 6.92 Å². The molecule has 13 heavy (non-hydrogen) atoms. The zero-order valence-electron chi connectivity index (χ0n) is 7.32. The average molecular weight is 245 g/mol. The van der Waals surface area contributed by atoms with Crippen LogP contribution in [-0.2, 0) is 4.79 Å². The lowest BCUT2D eigenvalue weighted by Gasteiger charge is -2.20. The highest BCUT2D eigenvalue weighted by molar-refractivity contribution is 6.59. The third kappa shape index (κ3) is 2.05. The first-order valence-electron chi connectivity index (χ1n) is 4.28. The lowest BCUT2D eigenvalue weighted by molar-refractivity contribution is -0.120. The molecule has 1 rings (SSSR count). The van der Waals surface area contributed by atoms with E-state index in [0.717, 1.165) is 12.8 Å². The molecule has 0 radical (unpaired) electrons. The van der Waals surface area contributed by atoms with Crippen LogP contribution in [0, 0.1) is 5.92 Å². The van der Waals surface area contributed by atoms with Gasteiger partial charge in [0.25, 0.3) is 5.91 Å².